The molecule has 0 N–H and O–H groups in total. The summed E-state index contributed by atoms with van der Waals surface area (Å²) in [4.78, 5) is 2.64. The van der Waals surface area contributed by atoms with E-state index in [4.69, 9.17) is 0 Å². The van der Waals surface area contributed by atoms with E-state index in [1.54, 1.807) is 16.7 Å². The van der Waals surface area contributed by atoms with Gasteiger partial charge in [0.05, 0.1) is 8.65 Å². The van der Waals surface area contributed by atoms with Crippen molar-refractivity contribution in [3.05, 3.63) is 70.8 Å². The zero-order valence-corrected chi connectivity index (χ0v) is 21.5. The van der Waals surface area contributed by atoms with Crippen molar-refractivity contribution in [2.75, 3.05) is 13.1 Å². The second kappa shape index (κ2) is 9.88. The van der Waals surface area contributed by atoms with Crippen LogP contribution in [-0.4, -0.2) is 18.0 Å². The summed E-state index contributed by atoms with van der Waals surface area (Å²) in [5, 5.41) is 0. The van der Waals surface area contributed by atoms with E-state index in [0.717, 1.165) is 6.54 Å². The summed E-state index contributed by atoms with van der Waals surface area (Å²) in [5.41, 5.74) is 6.20. The van der Waals surface area contributed by atoms with Gasteiger partial charge in [-0.1, -0.05) is 87.3 Å². The Morgan fingerprint density at radius 1 is 0.800 bits per heavy atom. The SMILES string of the molecule is CCCN(CCCc1c(C2(Br)CCC2)cccc1C1(Br)CCC1)Cc1ccccc1. The van der Waals surface area contributed by atoms with Gasteiger partial charge in [-0.15, -0.1) is 0 Å². The number of benzene rings is 2. The van der Waals surface area contributed by atoms with Gasteiger partial charge in [0.2, 0.25) is 0 Å². The molecule has 2 aliphatic rings. The Kier molecular flexibility index (Phi) is 7.42. The van der Waals surface area contributed by atoms with Crippen molar-refractivity contribution in [1.82, 2.24) is 4.90 Å². The molecule has 0 radical (unpaired) electrons. The quantitative estimate of drug-likeness (QED) is 0.279. The summed E-state index contributed by atoms with van der Waals surface area (Å²) in [7, 11) is 0. The standard InChI is InChI=1S/C27H35Br2N/c1-2-19-30(21-22-10-4-3-5-11-22)20-7-12-23-24(26(28)15-8-16-26)13-6-14-25(23)27(29)17-9-18-27/h3-6,10-11,13-14H,2,7-9,12,15-21H2,1H3. The maximum absolute atomic E-state index is 4.13. The van der Waals surface area contributed by atoms with Crippen LogP contribution in [0, 0.1) is 0 Å². The topological polar surface area (TPSA) is 3.24 Å². The van der Waals surface area contributed by atoms with E-state index in [-0.39, 0.29) is 8.65 Å². The van der Waals surface area contributed by atoms with Crippen molar-refractivity contribution in [3.63, 3.8) is 0 Å². The minimum atomic E-state index is 0.221. The summed E-state index contributed by atoms with van der Waals surface area (Å²) in [6, 6.07) is 18.0. The van der Waals surface area contributed by atoms with Crippen LogP contribution in [0.4, 0.5) is 0 Å². The normalized spacial score (nSPS) is 19.3. The Bertz CT molecular complexity index is 786. The number of hydrogen-bond acceptors (Lipinski definition) is 1. The molecular weight excluding hydrogens is 498 g/mol. The van der Waals surface area contributed by atoms with Crippen LogP contribution in [0.25, 0.3) is 0 Å². The largest absolute Gasteiger partial charge is 0.299 e. The number of hydrogen-bond donors (Lipinski definition) is 0. The maximum Gasteiger partial charge on any atom is 0.0508 e. The molecule has 0 heterocycles. The lowest BCUT2D eigenvalue weighted by atomic mass is 9.72. The second-order valence-corrected chi connectivity index (χ2v) is 12.4. The Morgan fingerprint density at radius 2 is 1.40 bits per heavy atom. The van der Waals surface area contributed by atoms with Crippen molar-refractivity contribution in [2.45, 2.75) is 79.9 Å². The summed E-state index contributed by atoms with van der Waals surface area (Å²) >= 11 is 8.26. The van der Waals surface area contributed by atoms with Crippen molar-refractivity contribution >= 4 is 31.9 Å². The van der Waals surface area contributed by atoms with E-state index in [1.165, 1.54) is 76.4 Å². The highest BCUT2D eigenvalue weighted by Gasteiger charge is 2.42. The predicted octanol–water partition coefficient (Wildman–Crippen LogP) is 8.08. The summed E-state index contributed by atoms with van der Waals surface area (Å²) in [6.45, 7) is 5.70. The van der Waals surface area contributed by atoms with E-state index in [9.17, 15) is 0 Å². The average molecular weight is 533 g/mol. The van der Waals surface area contributed by atoms with Crippen LogP contribution >= 0.6 is 31.9 Å². The lowest BCUT2D eigenvalue weighted by molar-refractivity contribution is 0.262. The fourth-order valence-electron chi connectivity index (χ4n) is 5.12. The smallest absolute Gasteiger partial charge is 0.0508 e. The molecule has 0 unspecified atom stereocenters. The average Bonchev–Trinajstić information content (AvgIpc) is 2.71. The third-order valence-corrected chi connectivity index (χ3v) is 9.56. The van der Waals surface area contributed by atoms with Gasteiger partial charge >= 0.3 is 0 Å². The first-order valence-electron chi connectivity index (χ1n) is 11.8. The Balaban J connectivity index is 1.50. The molecule has 0 saturated heterocycles. The van der Waals surface area contributed by atoms with Gasteiger partial charge in [-0.05, 0) is 93.1 Å². The van der Waals surface area contributed by atoms with E-state index < -0.39 is 0 Å². The summed E-state index contributed by atoms with van der Waals surface area (Å²) in [5.74, 6) is 0. The Labute approximate surface area is 199 Å². The van der Waals surface area contributed by atoms with Crippen molar-refractivity contribution in [2.24, 2.45) is 0 Å². The Morgan fingerprint density at radius 3 is 1.90 bits per heavy atom. The number of halogens is 2. The first-order valence-corrected chi connectivity index (χ1v) is 13.4. The lowest BCUT2D eigenvalue weighted by Crippen LogP contribution is -2.33. The van der Waals surface area contributed by atoms with E-state index in [1.807, 2.05) is 0 Å². The molecule has 0 bridgehead atoms. The predicted molar refractivity (Wildman–Crippen MR) is 136 cm³/mol. The van der Waals surface area contributed by atoms with Crippen LogP contribution in [0.1, 0.15) is 80.5 Å². The number of rotatable bonds is 10. The fourth-order valence-corrected chi connectivity index (χ4v) is 6.98. The molecule has 0 atom stereocenters. The second-order valence-electron chi connectivity index (χ2n) is 9.33. The van der Waals surface area contributed by atoms with Crippen LogP contribution in [0.2, 0.25) is 0 Å². The third kappa shape index (κ3) is 4.89. The molecule has 2 saturated carbocycles. The highest BCUT2D eigenvalue weighted by atomic mass is 79.9. The molecule has 30 heavy (non-hydrogen) atoms. The molecule has 2 fully saturated rings. The summed E-state index contributed by atoms with van der Waals surface area (Å²) < 4.78 is 0.442. The highest BCUT2D eigenvalue weighted by Crippen LogP contribution is 2.55. The van der Waals surface area contributed by atoms with E-state index >= 15 is 0 Å². The molecular formula is C27H35Br2N. The molecule has 0 amide bonds. The third-order valence-electron chi connectivity index (χ3n) is 7.12. The van der Waals surface area contributed by atoms with Crippen LogP contribution in [0.3, 0.4) is 0 Å². The highest BCUT2D eigenvalue weighted by molar-refractivity contribution is 9.10. The van der Waals surface area contributed by atoms with Gasteiger partial charge in [-0.25, -0.2) is 0 Å². The van der Waals surface area contributed by atoms with Gasteiger partial charge in [0.25, 0.3) is 0 Å². The van der Waals surface area contributed by atoms with Crippen LogP contribution in [0.5, 0.6) is 0 Å². The molecule has 0 aliphatic heterocycles. The molecule has 1 nitrogen and oxygen atoms in total. The van der Waals surface area contributed by atoms with Crippen molar-refractivity contribution < 1.29 is 0 Å². The van der Waals surface area contributed by atoms with E-state index in [2.05, 4.69) is 92.2 Å². The molecule has 3 heteroatoms. The van der Waals surface area contributed by atoms with Gasteiger partial charge in [0.15, 0.2) is 0 Å². The first-order chi connectivity index (χ1) is 14.5. The summed E-state index contributed by atoms with van der Waals surface area (Å²) in [6.07, 6.45) is 11.4. The zero-order chi connectivity index (χ0) is 21.0. The Hall–Kier alpha value is -0.640. The van der Waals surface area contributed by atoms with E-state index in [0.29, 0.717) is 0 Å². The van der Waals surface area contributed by atoms with Gasteiger partial charge < -0.3 is 0 Å². The van der Waals surface area contributed by atoms with Crippen LogP contribution in [-0.2, 0) is 21.6 Å². The number of alkyl halides is 2. The molecule has 0 aromatic heterocycles. The van der Waals surface area contributed by atoms with Gasteiger partial charge in [-0.2, -0.15) is 0 Å². The van der Waals surface area contributed by atoms with Gasteiger partial charge in [0, 0.05) is 6.54 Å². The van der Waals surface area contributed by atoms with Gasteiger partial charge in [-0.3, -0.25) is 4.90 Å². The van der Waals surface area contributed by atoms with Crippen molar-refractivity contribution in [3.8, 4) is 0 Å². The molecule has 2 aromatic carbocycles. The minimum Gasteiger partial charge on any atom is -0.299 e. The van der Waals surface area contributed by atoms with Gasteiger partial charge in [0.1, 0.15) is 0 Å². The van der Waals surface area contributed by atoms with Crippen molar-refractivity contribution in [1.29, 1.82) is 0 Å². The monoisotopic (exact) mass is 531 g/mol. The first kappa shape index (κ1) is 22.6. The molecule has 0 spiro atoms. The molecule has 2 aliphatic carbocycles. The molecule has 162 valence electrons. The zero-order valence-electron chi connectivity index (χ0n) is 18.3. The fraction of sp³-hybridized carbons (Fsp3) is 0.556. The minimum absolute atomic E-state index is 0.221. The molecule has 4 rings (SSSR count). The lowest BCUT2D eigenvalue weighted by Gasteiger charge is -2.43. The molecule has 2 aromatic rings. The maximum atomic E-state index is 4.13. The number of nitrogens with zero attached hydrogens (tertiary/aromatic N) is 1. The van der Waals surface area contributed by atoms with Crippen LogP contribution in [0.15, 0.2) is 48.5 Å². The van der Waals surface area contributed by atoms with Crippen LogP contribution < -0.4 is 0 Å².